The van der Waals surface area contributed by atoms with E-state index in [2.05, 4.69) is 28.8 Å². The zero-order valence-corrected chi connectivity index (χ0v) is 16.6. The van der Waals surface area contributed by atoms with Gasteiger partial charge in [-0.25, -0.2) is 0 Å². The predicted octanol–water partition coefficient (Wildman–Crippen LogP) is 3.09. The maximum absolute atomic E-state index is 10.5. The van der Waals surface area contributed by atoms with Crippen molar-refractivity contribution in [1.82, 2.24) is 5.32 Å². The summed E-state index contributed by atoms with van der Waals surface area (Å²) in [6.45, 7) is 1.83. The first kappa shape index (κ1) is 19.7. The molecule has 1 aliphatic carbocycles. The Hall–Kier alpha value is -2.59. The molecule has 29 heavy (non-hydrogen) atoms. The number of hydrogen-bond donors (Lipinski definition) is 4. The molecule has 0 saturated heterocycles. The van der Waals surface area contributed by atoms with E-state index in [1.807, 2.05) is 36.1 Å². The molecule has 152 valence electrons. The summed E-state index contributed by atoms with van der Waals surface area (Å²) >= 11 is 0. The van der Waals surface area contributed by atoms with Crippen LogP contribution >= 0.6 is 0 Å². The summed E-state index contributed by atoms with van der Waals surface area (Å²) in [6.07, 6.45) is 2.64. The number of nitrogens with one attached hydrogen (secondary N) is 2. The van der Waals surface area contributed by atoms with E-state index in [-0.39, 0.29) is 12.1 Å². The van der Waals surface area contributed by atoms with Crippen LogP contribution in [-0.2, 0) is 0 Å². The third-order valence-corrected chi connectivity index (χ3v) is 6.10. The van der Waals surface area contributed by atoms with Crippen LogP contribution in [0, 0.1) is 11.3 Å². The summed E-state index contributed by atoms with van der Waals surface area (Å²) in [5.41, 5.74) is 3.46. The normalized spacial score (nSPS) is 25.6. The molecule has 0 amide bonds. The minimum absolute atomic E-state index is 0.0816. The molecule has 0 aromatic heterocycles. The van der Waals surface area contributed by atoms with Gasteiger partial charge in [0, 0.05) is 12.1 Å². The number of aliphatic hydroxyl groups is 2. The van der Waals surface area contributed by atoms with Gasteiger partial charge >= 0.3 is 0 Å². The molecular weight excluding hydrogens is 364 g/mol. The Morgan fingerprint density at radius 3 is 2.52 bits per heavy atom. The number of anilines is 2. The van der Waals surface area contributed by atoms with Crippen molar-refractivity contribution in [1.29, 1.82) is 5.26 Å². The lowest BCUT2D eigenvalue weighted by Gasteiger charge is -2.39. The molecule has 0 radical (unpaired) electrons. The number of nitrogens with zero attached hydrogens (tertiary/aromatic N) is 2. The highest BCUT2D eigenvalue weighted by atomic mass is 16.3. The Morgan fingerprint density at radius 1 is 1.14 bits per heavy atom. The molecule has 1 saturated carbocycles. The Kier molecular flexibility index (Phi) is 5.72. The Morgan fingerprint density at radius 2 is 1.86 bits per heavy atom. The van der Waals surface area contributed by atoms with Gasteiger partial charge in [0.15, 0.2) is 0 Å². The largest absolute Gasteiger partial charge is 0.391 e. The molecular formula is C23H28N4O2. The van der Waals surface area contributed by atoms with E-state index >= 15 is 0 Å². The number of aliphatic hydroxyl groups excluding tert-OH is 2. The number of nitriles is 1. The molecule has 2 aliphatic rings. The SMILES string of the molecule is CC(O)C(NC1CCC(N2c3ccc(C#N)cc3NC2O)CC1)c1ccccc1. The lowest BCUT2D eigenvalue weighted by molar-refractivity contribution is 0.129. The molecule has 3 atom stereocenters. The van der Waals surface area contributed by atoms with Gasteiger partial charge in [0.2, 0.25) is 6.35 Å². The summed E-state index contributed by atoms with van der Waals surface area (Å²) in [7, 11) is 0. The molecule has 6 nitrogen and oxygen atoms in total. The minimum atomic E-state index is -0.761. The molecule has 1 fully saturated rings. The quantitative estimate of drug-likeness (QED) is 0.625. The van der Waals surface area contributed by atoms with Gasteiger partial charge in [-0.3, -0.25) is 0 Å². The van der Waals surface area contributed by atoms with Crippen LogP contribution in [0.5, 0.6) is 0 Å². The first-order chi connectivity index (χ1) is 14.1. The van der Waals surface area contributed by atoms with Gasteiger partial charge in [-0.2, -0.15) is 5.26 Å². The first-order valence-electron chi connectivity index (χ1n) is 10.3. The van der Waals surface area contributed by atoms with Crippen LogP contribution in [0.2, 0.25) is 0 Å². The van der Waals surface area contributed by atoms with Crippen LogP contribution < -0.4 is 15.5 Å². The molecule has 1 aliphatic heterocycles. The maximum Gasteiger partial charge on any atom is 0.205 e. The van der Waals surface area contributed by atoms with E-state index in [4.69, 9.17) is 5.26 Å². The average molecular weight is 393 g/mol. The lowest BCUT2D eigenvalue weighted by Crippen LogP contribution is -2.48. The molecule has 1 heterocycles. The van der Waals surface area contributed by atoms with E-state index in [9.17, 15) is 10.2 Å². The fraction of sp³-hybridized carbons (Fsp3) is 0.435. The molecule has 3 unspecified atom stereocenters. The summed E-state index contributed by atoms with van der Waals surface area (Å²) in [6, 6.07) is 18.2. The zero-order valence-electron chi connectivity index (χ0n) is 16.6. The Bertz CT molecular complexity index is 872. The van der Waals surface area contributed by atoms with Gasteiger partial charge in [-0.05, 0) is 56.4 Å². The van der Waals surface area contributed by atoms with Gasteiger partial charge in [-0.1, -0.05) is 30.3 Å². The van der Waals surface area contributed by atoms with Crippen molar-refractivity contribution in [2.75, 3.05) is 10.2 Å². The molecule has 0 bridgehead atoms. The van der Waals surface area contributed by atoms with Crippen molar-refractivity contribution in [3.8, 4) is 6.07 Å². The summed E-state index contributed by atoms with van der Waals surface area (Å²) < 4.78 is 0. The third kappa shape index (κ3) is 4.08. The van der Waals surface area contributed by atoms with Crippen LogP contribution in [-0.4, -0.2) is 34.8 Å². The highest BCUT2D eigenvalue weighted by Crippen LogP contribution is 2.39. The van der Waals surface area contributed by atoms with Crippen LogP contribution in [0.25, 0.3) is 0 Å². The topological polar surface area (TPSA) is 91.5 Å². The van der Waals surface area contributed by atoms with Crippen LogP contribution in [0.4, 0.5) is 11.4 Å². The van der Waals surface area contributed by atoms with Gasteiger partial charge in [0.25, 0.3) is 0 Å². The number of benzene rings is 2. The van der Waals surface area contributed by atoms with E-state index < -0.39 is 12.5 Å². The second-order valence-corrected chi connectivity index (χ2v) is 8.07. The van der Waals surface area contributed by atoms with E-state index in [0.29, 0.717) is 11.6 Å². The lowest BCUT2D eigenvalue weighted by atomic mass is 9.88. The fourth-order valence-corrected chi connectivity index (χ4v) is 4.63. The second kappa shape index (κ2) is 8.42. The van der Waals surface area contributed by atoms with Crippen LogP contribution in [0.1, 0.15) is 49.8 Å². The van der Waals surface area contributed by atoms with Crippen LogP contribution in [0.15, 0.2) is 48.5 Å². The van der Waals surface area contributed by atoms with E-state index in [1.165, 1.54) is 0 Å². The van der Waals surface area contributed by atoms with Gasteiger partial charge in [0.1, 0.15) is 0 Å². The third-order valence-electron chi connectivity index (χ3n) is 6.10. The monoisotopic (exact) mass is 392 g/mol. The number of hydrogen-bond acceptors (Lipinski definition) is 6. The van der Waals surface area contributed by atoms with Crippen molar-refractivity contribution in [2.24, 2.45) is 0 Å². The maximum atomic E-state index is 10.5. The smallest absolute Gasteiger partial charge is 0.205 e. The van der Waals surface area contributed by atoms with Gasteiger partial charge in [0.05, 0.1) is 35.2 Å². The minimum Gasteiger partial charge on any atom is -0.391 e. The molecule has 0 spiro atoms. The van der Waals surface area contributed by atoms with E-state index in [1.54, 1.807) is 12.1 Å². The number of rotatable bonds is 5. The van der Waals surface area contributed by atoms with Crippen LogP contribution in [0.3, 0.4) is 0 Å². The summed E-state index contributed by atoms with van der Waals surface area (Å²) in [5, 5.41) is 36.6. The Balaban J connectivity index is 1.41. The Labute approximate surface area is 171 Å². The number of fused-ring (bicyclic) bond motifs is 1. The zero-order chi connectivity index (χ0) is 20.4. The summed E-state index contributed by atoms with van der Waals surface area (Å²) in [4.78, 5) is 2.04. The van der Waals surface area contributed by atoms with Gasteiger partial charge in [-0.15, -0.1) is 0 Å². The fourth-order valence-electron chi connectivity index (χ4n) is 4.63. The molecule has 4 rings (SSSR count). The standard InChI is InChI=1S/C23H28N4O2/c1-15(28)22(17-5-3-2-4-6-17)25-18-8-10-19(11-9-18)27-21-12-7-16(14-24)13-20(21)26-23(27)29/h2-7,12-13,15,18-19,22-23,25-26,28-29H,8-11H2,1H3. The van der Waals surface area contributed by atoms with Crippen molar-refractivity contribution < 1.29 is 10.2 Å². The second-order valence-electron chi connectivity index (χ2n) is 8.07. The molecule has 6 heteroatoms. The highest BCUT2D eigenvalue weighted by molar-refractivity contribution is 5.77. The van der Waals surface area contributed by atoms with Crippen molar-refractivity contribution in [3.05, 3.63) is 59.7 Å². The predicted molar refractivity (Wildman–Crippen MR) is 113 cm³/mol. The highest BCUT2D eigenvalue weighted by Gasteiger charge is 2.35. The first-order valence-corrected chi connectivity index (χ1v) is 10.3. The van der Waals surface area contributed by atoms with Crippen molar-refractivity contribution in [2.45, 2.75) is 63.2 Å². The van der Waals surface area contributed by atoms with E-state index in [0.717, 1.165) is 42.6 Å². The van der Waals surface area contributed by atoms with Gasteiger partial charge < -0.3 is 25.7 Å². The molecule has 4 N–H and O–H groups in total. The van der Waals surface area contributed by atoms with Crippen molar-refractivity contribution >= 4 is 11.4 Å². The average Bonchev–Trinajstić information content (AvgIpc) is 3.07. The molecule has 2 aromatic rings. The summed E-state index contributed by atoms with van der Waals surface area (Å²) in [5.74, 6) is 0. The van der Waals surface area contributed by atoms with Crippen molar-refractivity contribution in [3.63, 3.8) is 0 Å². The molecule has 2 aromatic carbocycles.